The Morgan fingerprint density at radius 1 is 0.903 bits per heavy atom. The van der Waals surface area contributed by atoms with Crippen LogP contribution < -0.4 is 5.32 Å². The summed E-state index contributed by atoms with van der Waals surface area (Å²) in [4.78, 5) is 26.1. The Bertz CT molecular complexity index is 953. The van der Waals surface area contributed by atoms with Crippen LogP contribution in [0.3, 0.4) is 0 Å². The molecule has 0 spiro atoms. The maximum atomic E-state index is 12.7. The van der Waals surface area contributed by atoms with Crippen molar-refractivity contribution in [1.29, 1.82) is 0 Å². The number of benzene rings is 3. The van der Waals surface area contributed by atoms with E-state index in [2.05, 4.69) is 29.6 Å². The molecule has 1 N–H and O–H groups in total. The van der Waals surface area contributed by atoms with E-state index in [9.17, 15) is 9.59 Å². The van der Waals surface area contributed by atoms with Gasteiger partial charge in [-0.05, 0) is 35.7 Å². The molecule has 160 valence electrons. The summed E-state index contributed by atoms with van der Waals surface area (Å²) < 4.78 is 0. The molecule has 0 aliphatic heterocycles. The molecule has 0 aliphatic rings. The van der Waals surface area contributed by atoms with Gasteiger partial charge < -0.3 is 10.2 Å². The van der Waals surface area contributed by atoms with Gasteiger partial charge in [0.25, 0.3) is 0 Å². The van der Waals surface area contributed by atoms with E-state index >= 15 is 0 Å². The van der Waals surface area contributed by atoms with Gasteiger partial charge in [0.05, 0.1) is 11.0 Å². The van der Waals surface area contributed by atoms with E-state index in [1.165, 1.54) is 11.1 Å². The van der Waals surface area contributed by atoms with Crippen molar-refractivity contribution in [3.8, 4) is 0 Å². The minimum atomic E-state index is -0.0436. The highest BCUT2D eigenvalue weighted by Crippen LogP contribution is 2.35. The first kappa shape index (κ1) is 22.6. The van der Waals surface area contributed by atoms with Crippen molar-refractivity contribution in [2.75, 3.05) is 17.6 Å². The van der Waals surface area contributed by atoms with Gasteiger partial charge in [-0.3, -0.25) is 9.59 Å². The van der Waals surface area contributed by atoms with Gasteiger partial charge in [-0.25, -0.2) is 0 Å². The summed E-state index contributed by atoms with van der Waals surface area (Å²) in [6.45, 7) is 4.72. The second-order valence-corrected chi connectivity index (χ2v) is 8.39. The SMILES string of the molecule is CCN(Cc1cccc(NC(=O)CSC(c2ccccc2)c2ccccc2)c1)C(C)=O. The lowest BCUT2D eigenvalue weighted by molar-refractivity contribution is -0.129. The van der Waals surface area contributed by atoms with Crippen LogP contribution in [0.1, 0.15) is 35.8 Å². The minimum Gasteiger partial charge on any atom is -0.339 e. The summed E-state index contributed by atoms with van der Waals surface area (Å²) in [5, 5.41) is 3.09. The van der Waals surface area contributed by atoms with Crippen LogP contribution in [-0.4, -0.2) is 29.0 Å². The summed E-state index contributed by atoms with van der Waals surface area (Å²) in [5.41, 5.74) is 4.10. The predicted molar refractivity (Wildman–Crippen MR) is 129 cm³/mol. The summed E-state index contributed by atoms with van der Waals surface area (Å²) in [5.74, 6) is 0.340. The van der Waals surface area contributed by atoms with Gasteiger partial charge in [0.1, 0.15) is 0 Å². The van der Waals surface area contributed by atoms with E-state index in [0.717, 1.165) is 11.3 Å². The topological polar surface area (TPSA) is 49.4 Å². The van der Waals surface area contributed by atoms with E-state index in [0.29, 0.717) is 18.8 Å². The first-order valence-corrected chi connectivity index (χ1v) is 11.5. The van der Waals surface area contributed by atoms with Gasteiger partial charge in [0.2, 0.25) is 11.8 Å². The van der Waals surface area contributed by atoms with Crippen LogP contribution in [0.4, 0.5) is 5.69 Å². The molecule has 0 saturated carbocycles. The normalized spacial score (nSPS) is 10.7. The van der Waals surface area contributed by atoms with E-state index in [1.54, 1.807) is 23.6 Å². The zero-order chi connectivity index (χ0) is 22.1. The summed E-state index contributed by atoms with van der Waals surface area (Å²) >= 11 is 1.61. The van der Waals surface area contributed by atoms with Crippen molar-refractivity contribution in [2.45, 2.75) is 25.6 Å². The number of rotatable bonds is 9. The Kier molecular flexibility index (Phi) is 8.30. The van der Waals surface area contributed by atoms with Crippen LogP contribution in [0, 0.1) is 0 Å². The molecule has 2 amide bonds. The van der Waals surface area contributed by atoms with Crippen LogP contribution >= 0.6 is 11.8 Å². The number of anilines is 1. The molecular formula is C26H28N2O2S. The molecule has 0 saturated heterocycles. The number of carbonyl (C=O) groups excluding carboxylic acids is 2. The molecule has 0 heterocycles. The van der Waals surface area contributed by atoms with E-state index in [1.807, 2.05) is 67.6 Å². The van der Waals surface area contributed by atoms with Gasteiger partial charge in [-0.1, -0.05) is 72.8 Å². The number of nitrogens with zero attached hydrogens (tertiary/aromatic N) is 1. The molecule has 4 nitrogen and oxygen atoms in total. The maximum Gasteiger partial charge on any atom is 0.234 e. The molecule has 0 aliphatic carbocycles. The second kappa shape index (κ2) is 11.4. The van der Waals surface area contributed by atoms with Crippen molar-refractivity contribution >= 4 is 29.3 Å². The highest BCUT2D eigenvalue weighted by Gasteiger charge is 2.16. The molecule has 0 aromatic heterocycles. The Morgan fingerprint density at radius 2 is 1.52 bits per heavy atom. The van der Waals surface area contributed by atoms with Gasteiger partial charge >= 0.3 is 0 Å². The van der Waals surface area contributed by atoms with Crippen LogP contribution in [0.5, 0.6) is 0 Å². The first-order valence-electron chi connectivity index (χ1n) is 10.4. The third-order valence-electron chi connectivity index (χ3n) is 5.00. The Morgan fingerprint density at radius 3 is 2.06 bits per heavy atom. The van der Waals surface area contributed by atoms with Gasteiger partial charge in [-0.2, -0.15) is 0 Å². The lowest BCUT2D eigenvalue weighted by Crippen LogP contribution is -2.27. The highest BCUT2D eigenvalue weighted by molar-refractivity contribution is 8.00. The zero-order valence-corrected chi connectivity index (χ0v) is 18.8. The average Bonchev–Trinajstić information content (AvgIpc) is 2.79. The summed E-state index contributed by atoms with van der Waals surface area (Å²) in [6, 6.07) is 28.2. The molecule has 31 heavy (non-hydrogen) atoms. The number of hydrogen-bond donors (Lipinski definition) is 1. The quantitative estimate of drug-likeness (QED) is 0.485. The smallest absolute Gasteiger partial charge is 0.234 e. The van der Waals surface area contributed by atoms with E-state index in [4.69, 9.17) is 0 Å². The average molecular weight is 433 g/mol. The molecule has 3 rings (SSSR count). The number of carbonyl (C=O) groups is 2. The second-order valence-electron chi connectivity index (χ2n) is 7.29. The van der Waals surface area contributed by atoms with E-state index < -0.39 is 0 Å². The molecule has 0 fully saturated rings. The third-order valence-corrected chi connectivity index (χ3v) is 6.30. The lowest BCUT2D eigenvalue weighted by Gasteiger charge is -2.19. The fourth-order valence-electron chi connectivity index (χ4n) is 3.41. The Labute approximate surface area is 188 Å². The largest absolute Gasteiger partial charge is 0.339 e. The van der Waals surface area contributed by atoms with Crippen LogP contribution in [0.15, 0.2) is 84.9 Å². The predicted octanol–water partition coefficient (Wildman–Crippen LogP) is 5.52. The standard InChI is InChI=1S/C26H28N2O2S/c1-3-28(20(2)29)18-21-11-10-16-24(17-21)27-25(30)19-31-26(22-12-6-4-7-13-22)23-14-8-5-9-15-23/h4-17,26H,3,18-19H2,1-2H3,(H,27,30). The molecule has 0 radical (unpaired) electrons. The highest BCUT2D eigenvalue weighted by atomic mass is 32.2. The van der Waals surface area contributed by atoms with Crippen molar-refractivity contribution in [1.82, 2.24) is 4.90 Å². The zero-order valence-electron chi connectivity index (χ0n) is 18.0. The van der Waals surface area contributed by atoms with Crippen molar-refractivity contribution in [3.63, 3.8) is 0 Å². The van der Waals surface area contributed by atoms with E-state index in [-0.39, 0.29) is 17.1 Å². The number of hydrogen-bond acceptors (Lipinski definition) is 3. The molecule has 5 heteroatoms. The Hall–Kier alpha value is -3.05. The maximum absolute atomic E-state index is 12.7. The number of thioether (sulfide) groups is 1. The fraction of sp³-hybridized carbons (Fsp3) is 0.231. The van der Waals surface area contributed by atoms with Crippen molar-refractivity contribution in [3.05, 3.63) is 102 Å². The van der Waals surface area contributed by atoms with Crippen molar-refractivity contribution < 1.29 is 9.59 Å². The Balaban J connectivity index is 1.64. The number of nitrogens with one attached hydrogen (secondary N) is 1. The minimum absolute atomic E-state index is 0.0428. The van der Waals surface area contributed by atoms with Crippen LogP contribution in [0.2, 0.25) is 0 Å². The molecule has 3 aromatic rings. The monoisotopic (exact) mass is 432 g/mol. The van der Waals surface area contributed by atoms with Gasteiger partial charge in [-0.15, -0.1) is 11.8 Å². The van der Waals surface area contributed by atoms with Gasteiger partial charge in [0.15, 0.2) is 0 Å². The molecule has 0 bridgehead atoms. The lowest BCUT2D eigenvalue weighted by atomic mass is 10.0. The fourth-order valence-corrected chi connectivity index (χ4v) is 4.50. The van der Waals surface area contributed by atoms with Gasteiger partial charge in [0, 0.05) is 25.7 Å². The summed E-state index contributed by atoms with van der Waals surface area (Å²) in [7, 11) is 0. The summed E-state index contributed by atoms with van der Waals surface area (Å²) in [6.07, 6.45) is 0. The molecule has 0 atom stereocenters. The van der Waals surface area contributed by atoms with Crippen molar-refractivity contribution in [2.24, 2.45) is 0 Å². The van der Waals surface area contributed by atoms with Crippen LogP contribution in [0.25, 0.3) is 0 Å². The van der Waals surface area contributed by atoms with Crippen LogP contribution in [-0.2, 0) is 16.1 Å². The molecule has 0 unspecified atom stereocenters. The molecule has 3 aromatic carbocycles. The number of amides is 2. The third kappa shape index (κ3) is 6.72. The first-order chi connectivity index (χ1) is 15.1. The molecular weight excluding hydrogens is 404 g/mol.